The molecule has 3 heteroatoms. The summed E-state index contributed by atoms with van der Waals surface area (Å²) < 4.78 is 2.51. The van der Waals surface area contributed by atoms with Gasteiger partial charge in [0.05, 0.1) is 0 Å². The van der Waals surface area contributed by atoms with Gasteiger partial charge in [-0.15, -0.1) is 0 Å². The van der Waals surface area contributed by atoms with Crippen molar-refractivity contribution in [1.82, 2.24) is 4.57 Å². The van der Waals surface area contributed by atoms with Crippen LogP contribution in [0.15, 0.2) is 60.7 Å². The number of para-hydroxylation sites is 2. The van der Waals surface area contributed by atoms with E-state index in [1.807, 2.05) is 0 Å². The van der Waals surface area contributed by atoms with Crippen LogP contribution in [0.5, 0.6) is 0 Å². The second-order valence-electron chi connectivity index (χ2n) is 8.14. The fourth-order valence-electron chi connectivity index (χ4n) is 5.50. The van der Waals surface area contributed by atoms with Gasteiger partial charge < -0.3 is 9.47 Å². The van der Waals surface area contributed by atoms with E-state index in [-0.39, 0.29) is 0 Å². The van der Waals surface area contributed by atoms with Crippen LogP contribution in [0.3, 0.4) is 0 Å². The van der Waals surface area contributed by atoms with Crippen LogP contribution in [0.25, 0.3) is 16.6 Å². The molecule has 0 unspecified atom stereocenters. The summed E-state index contributed by atoms with van der Waals surface area (Å²) in [5.74, 6) is 0. The normalized spacial score (nSPS) is 13.7. The van der Waals surface area contributed by atoms with E-state index >= 15 is 0 Å². The fourth-order valence-corrected chi connectivity index (χ4v) is 5.50. The number of hydrogen-bond donors (Lipinski definition) is 0. The molecule has 4 aromatic rings. The molecule has 0 spiro atoms. The summed E-state index contributed by atoms with van der Waals surface area (Å²) in [5, 5.41) is 1.39. The maximum Gasteiger partial charge on any atom is 0.252 e. The van der Waals surface area contributed by atoms with E-state index in [0.29, 0.717) is 6.71 Å². The van der Waals surface area contributed by atoms with Gasteiger partial charge in [-0.1, -0.05) is 49.4 Å². The summed E-state index contributed by atoms with van der Waals surface area (Å²) in [6, 6.07) is 22.7. The first-order valence-electron chi connectivity index (χ1n) is 10.3. The first-order chi connectivity index (χ1) is 13.7. The van der Waals surface area contributed by atoms with Crippen LogP contribution in [-0.2, 0) is 0 Å². The van der Waals surface area contributed by atoms with E-state index < -0.39 is 0 Å². The van der Waals surface area contributed by atoms with E-state index in [0.717, 1.165) is 13.0 Å². The number of anilines is 2. The molecule has 0 atom stereocenters. The van der Waals surface area contributed by atoms with Crippen molar-refractivity contribution >= 4 is 45.4 Å². The maximum atomic E-state index is 2.53. The molecule has 3 heterocycles. The highest BCUT2D eigenvalue weighted by Crippen LogP contribution is 2.36. The molecule has 0 radical (unpaired) electrons. The van der Waals surface area contributed by atoms with Crippen molar-refractivity contribution in [1.29, 1.82) is 0 Å². The van der Waals surface area contributed by atoms with Crippen molar-refractivity contribution < 1.29 is 0 Å². The zero-order valence-electron chi connectivity index (χ0n) is 16.7. The summed E-state index contributed by atoms with van der Waals surface area (Å²) in [4.78, 5) is 2.53. The summed E-state index contributed by atoms with van der Waals surface area (Å²) in [6.45, 7) is 8.14. The lowest BCUT2D eigenvalue weighted by atomic mass is 9.34. The van der Waals surface area contributed by atoms with Gasteiger partial charge in [0.15, 0.2) is 0 Å². The second kappa shape index (κ2) is 5.54. The van der Waals surface area contributed by atoms with E-state index in [1.165, 1.54) is 55.6 Å². The maximum absolute atomic E-state index is 2.53. The number of aromatic nitrogens is 1. The lowest BCUT2D eigenvalue weighted by molar-refractivity contribution is 0.886. The highest BCUT2D eigenvalue weighted by atomic mass is 15.1. The largest absolute Gasteiger partial charge is 0.342 e. The average molecular weight is 362 g/mol. The molecule has 6 rings (SSSR count). The molecule has 0 fully saturated rings. The molecule has 0 N–H and O–H groups in total. The minimum Gasteiger partial charge on any atom is -0.342 e. The van der Waals surface area contributed by atoms with Gasteiger partial charge in [0, 0.05) is 40.2 Å². The molecule has 0 amide bonds. The minimum absolute atomic E-state index is 0.306. The second-order valence-corrected chi connectivity index (χ2v) is 8.14. The Hall–Kier alpha value is -2.94. The van der Waals surface area contributed by atoms with Gasteiger partial charge in [0.1, 0.15) is 0 Å². The van der Waals surface area contributed by atoms with Gasteiger partial charge in [-0.05, 0) is 60.4 Å². The first-order valence-corrected chi connectivity index (χ1v) is 10.3. The van der Waals surface area contributed by atoms with Crippen molar-refractivity contribution in [3.8, 4) is 5.69 Å². The van der Waals surface area contributed by atoms with Gasteiger partial charge in [0.2, 0.25) is 0 Å². The Morgan fingerprint density at radius 2 is 1.50 bits per heavy atom. The summed E-state index contributed by atoms with van der Waals surface area (Å²) in [5.41, 5.74) is 12.6. The van der Waals surface area contributed by atoms with Crippen molar-refractivity contribution in [2.45, 2.75) is 27.2 Å². The van der Waals surface area contributed by atoms with E-state index in [2.05, 4.69) is 90.9 Å². The summed E-state index contributed by atoms with van der Waals surface area (Å²) in [7, 11) is 0. The van der Waals surface area contributed by atoms with Gasteiger partial charge in [-0.2, -0.15) is 0 Å². The molecule has 0 saturated carbocycles. The first kappa shape index (κ1) is 16.1. The Balaban J connectivity index is 1.81. The standard InChI is InChI=1S/C25H23BN2/c1-4-15-27-21-12-6-5-10-19(21)26-20-11-7-9-18-16(2)17(3)28(25(18)20)23-14-8-13-22(27)24(23)26/h5-14H,4,15H2,1-3H3. The van der Waals surface area contributed by atoms with Crippen LogP contribution in [0.2, 0.25) is 0 Å². The molecule has 3 aromatic carbocycles. The van der Waals surface area contributed by atoms with Crippen molar-refractivity contribution in [2.24, 2.45) is 0 Å². The number of rotatable bonds is 2. The van der Waals surface area contributed by atoms with Crippen molar-refractivity contribution in [3.05, 3.63) is 71.9 Å². The number of nitrogens with zero attached hydrogens (tertiary/aromatic N) is 2. The quantitative estimate of drug-likeness (QED) is 0.432. The van der Waals surface area contributed by atoms with Crippen LogP contribution in [0, 0.1) is 13.8 Å². The fraction of sp³-hybridized carbons (Fsp3) is 0.200. The highest BCUT2D eigenvalue weighted by molar-refractivity contribution is 7.00. The molecule has 2 aliphatic heterocycles. The summed E-state index contributed by atoms with van der Waals surface area (Å²) >= 11 is 0. The molecule has 2 aliphatic rings. The molecule has 136 valence electrons. The number of aryl methyl sites for hydroxylation is 1. The number of benzene rings is 3. The van der Waals surface area contributed by atoms with E-state index in [4.69, 9.17) is 0 Å². The topological polar surface area (TPSA) is 8.17 Å². The molecule has 1 aromatic heterocycles. The Morgan fingerprint density at radius 3 is 2.36 bits per heavy atom. The van der Waals surface area contributed by atoms with Crippen LogP contribution in [0.1, 0.15) is 24.6 Å². The third-order valence-electron chi connectivity index (χ3n) is 6.75. The van der Waals surface area contributed by atoms with Crippen LogP contribution in [0.4, 0.5) is 11.4 Å². The molecular formula is C25H23BN2. The Kier molecular flexibility index (Phi) is 3.18. The molecule has 2 nitrogen and oxygen atoms in total. The van der Waals surface area contributed by atoms with Crippen LogP contribution >= 0.6 is 0 Å². The lowest BCUT2D eigenvalue weighted by Crippen LogP contribution is -2.61. The van der Waals surface area contributed by atoms with Gasteiger partial charge in [0.25, 0.3) is 6.71 Å². The Morgan fingerprint density at radius 1 is 0.786 bits per heavy atom. The predicted molar refractivity (Wildman–Crippen MR) is 121 cm³/mol. The average Bonchev–Trinajstić information content (AvgIpc) is 2.99. The zero-order valence-corrected chi connectivity index (χ0v) is 16.7. The number of hydrogen-bond acceptors (Lipinski definition) is 1. The Labute approximate surface area is 166 Å². The van der Waals surface area contributed by atoms with E-state index in [9.17, 15) is 0 Å². The Bertz CT molecular complexity index is 1270. The molecule has 0 saturated heterocycles. The molecule has 0 bridgehead atoms. The molecule has 28 heavy (non-hydrogen) atoms. The molecular weight excluding hydrogens is 339 g/mol. The van der Waals surface area contributed by atoms with E-state index in [1.54, 1.807) is 0 Å². The van der Waals surface area contributed by atoms with Gasteiger partial charge in [-0.3, -0.25) is 0 Å². The third-order valence-corrected chi connectivity index (χ3v) is 6.75. The van der Waals surface area contributed by atoms with Crippen LogP contribution < -0.4 is 21.3 Å². The monoisotopic (exact) mass is 362 g/mol. The van der Waals surface area contributed by atoms with Crippen molar-refractivity contribution in [3.63, 3.8) is 0 Å². The smallest absolute Gasteiger partial charge is 0.252 e. The van der Waals surface area contributed by atoms with Crippen molar-refractivity contribution in [2.75, 3.05) is 11.4 Å². The van der Waals surface area contributed by atoms with Gasteiger partial charge >= 0.3 is 0 Å². The zero-order chi connectivity index (χ0) is 19.0. The SMILES string of the molecule is CCCN1c2ccccc2B2c3c1cccc3-n1c(C)c(C)c3cccc2c31. The number of fused-ring (bicyclic) bond motifs is 4. The lowest BCUT2D eigenvalue weighted by Gasteiger charge is -2.40. The summed E-state index contributed by atoms with van der Waals surface area (Å²) in [6.07, 6.45) is 1.13. The third kappa shape index (κ3) is 1.80. The van der Waals surface area contributed by atoms with Gasteiger partial charge in [-0.25, -0.2) is 0 Å². The highest BCUT2D eigenvalue weighted by Gasteiger charge is 2.40. The minimum atomic E-state index is 0.306. The predicted octanol–water partition coefficient (Wildman–Crippen LogP) is 3.94. The molecule has 0 aliphatic carbocycles. The van der Waals surface area contributed by atoms with Crippen LogP contribution in [-0.4, -0.2) is 17.8 Å².